The van der Waals surface area contributed by atoms with E-state index in [0.29, 0.717) is 6.54 Å². The lowest BCUT2D eigenvalue weighted by Gasteiger charge is -2.06. The first-order valence-corrected chi connectivity index (χ1v) is 4.98. The van der Waals surface area contributed by atoms with Crippen molar-refractivity contribution in [2.75, 3.05) is 18.4 Å². The highest BCUT2D eigenvalue weighted by Gasteiger charge is 2.10. The Morgan fingerprint density at radius 1 is 1.47 bits per heavy atom. The molecule has 92 valence electrons. The van der Waals surface area contributed by atoms with Gasteiger partial charge in [0.25, 0.3) is 5.69 Å². The van der Waals surface area contributed by atoms with Crippen LogP contribution in [0, 0.1) is 15.9 Å². The van der Waals surface area contributed by atoms with Crippen molar-refractivity contribution in [3.63, 3.8) is 0 Å². The van der Waals surface area contributed by atoms with Crippen molar-refractivity contribution in [3.05, 3.63) is 34.1 Å². The fraction of sp³-hybridized carbons (Fsp3) is 0.300. The Hall–Kier alpha value is -2.18. The first-order valence-electron chi connectivity index (χ1n) is 4.98. The zero-order valence-electron chi connectivity index (χ0n) is 9.20. The summed E-state index contributed by atoms with van der Waals surface area (Å²) in [6.45, 7) is 2.20. The monoisotopic (exact) mass is 241 g/mol. The minimum Gasteiger partial charge on any atom is -0.376 e. The van der Waals surface area contributed by atoms with E-state index in [-0.39, 0.29) is 23.8 Å². The van der Waals surface area contributed by atoms with Crippen LogP contribution in [0.3, 0.4) is 0 Å². The van der Waals surface area contributed by atoms with E-state index in [1.165, 1.54) is 6.07 Å². The van der Waals surface area contributed by atoms with Crippen LogP contribution >= 0.6 is 0 Å². The number of nitro groups is 1. The summed E-state index contributed by atoms with van der Waals surface area (Å²) < 4.78 is 13.0. The van der Waals surface area contributed by atoms with Gasteiger partial charge < -0.3 is 10.6 Å². The quantitative estimate of drug-likeness (QED) is 0.600. The zero-order valence-corrected chi connectivity index (χ0v) is 9.20. The first-order chi connectivity index (χ1) is 8.02. The van der Waals surface area contributed by atoms with Crippen molar-refractivity contribution < 1.29 is 14.1 Å². The molecule has 0 aromatic heterocycles. The van der Waals surface area contributed by atoms with E-state index in [1.807, 2.05) is 0 Å². The lowest BCUT2D eigenvalue weighted by molar-refractivity contribution is -0.385. The Bertz CT molecular complexity index is 437. The average molecular weight is 241 g/mol. The molecule has 0 unspecified atom stereocenters. The molecule has 0 aliphatic rings. The number of anilines is 1. The predicted octanol–water partition coefficient (Wildman–Crippen LogP) is 1.28. The summed E-state index contributed by atoms with van der Waals surface area (Å²) in [5.41, 5.74) is -0.161. The van der Waals surface area contributed by atoms with Crippen molar-refractivity contribution in [2.45, 2.75) is 6.92 Å². The fourth-order valence-electron chi connectivity index (χ4n) is 1.22. The third kappa shape index (κ3) is 4.06. The second-order valence-electron chi connectivity index (χ2n) is 3.26. The van der Waals surface area contributed by atoms with Gasteiger partial charge in [-0.1, -0.05) is 0 Å². The van der Waals surface area contributed by atoms with Gasteiger partial charge in [-0.05, 0) is 13.0 Å². The molecule has 0 heterocycles. The Balaban J connectivity index is 2.71. The third-order valence-corrected chi connectivity index (χ3v) is 1.92. The number of rotatable bonds is 5. The van der Waals surface area contributed by atoms with E-state index < -0.39 is 10.7 Å². The van der Waals surface area contributed by atoms with Crippen molar-refractivity contribution >= 4 is 17.3 Å². The van der Waals surface area contributed by atoms with Gasteiger partial charge in [-0.3, -0.25) is 14.9 Å². The molecule has 0 aliphatic carbocycles. The average Bonchev–Trinajstić information content (AvgIpc) is 2.26. The molecule has 0 saturated heterocycles. The van der Waals surface area contributed by atoms with Gasteiger partial charge in [-0.15, -0.1) is 0 Å². The summed E-state index contributed by atoms with van der Waals surface area (Å²) in [5, 5.41) is 15.6. The molecule has 0 bridgehead atoms. The van der Waals surface area contributed by atoms with Crippen LogP contribution in [0.4, 0.5) is 15.8 Å². The van der Waals surface area contributed by atoms with Crippen LogP contribution in [0.25, 0.3) is 0 Å². The zero-order chi connectivity index (χ0) is 12.8. The second kappa shape index (κ2) is 5.78. The molecule has 0 saturated carbocycles. The number of halogens is 1. The normalized spacial score (nSPS) is 9.76. The number of likely N-dealkylation sites (N-methyl/N-ethyl adjacent to an activating group) is 1. The minimum atomic E-state index is -0.724. The molecular formula is C10H12FN3O3. The van der Waals surface area contributed by atoms with Crippen LogP contribution in [0.15, 0.2) is 18.2 Å². The number of non-ortho nitro benzene ring substituents is 1. The summed E-state index contributed by atoms with van der Waals surface area (Å²) in [6.07, 6.45) is 0. The van der Waals surface area contributed by atoms with Crippen LogP contribution in [0.2, 0.25) is 0 Å². The summed E-state index contributed by atoms with van der Waals surface area (Å²) >= 11 is 0. The van der Waals surface area contributed by atoms with Gasteiger partial charge in [-0.2, -0.15) is 0 Å². The van der Waals surface area contributed by atoms with Crippen molar-refractivity contribution in [1.29, 1.82) is 0 Å². The summed E-state index contributed by atoms with van der Waals surface area (Å²) in [6, 6.07) is 3.08. The number of hydrogen-bond acceptors (Lipinski definition) is 4. The van der Waals surface area contributed by atoms with Crippen LogP contribution in [0.5, 0.6) is 0 Å². The predicted molar refractivity (Wildman–Crippen MR) is 60.2 cm³/mol. The molecule has 0 radical (unpaired) electrons. The smallest absolute Gasteiger partial charge is 0.274 e. The third-order valence-electron chi connectivity index (χ3n) is 1.92. The van der Waals surface area contributed by atoms with Gasteiger partial charge in [0.15, 0.2) is 0 Å². The topological polar surface area (TPSA) is 84.3 Å². The molecule has 0 spiro atoms. The van der Waals surface area contributed by atoms with Gasteiger partial charge in [-0.25, -0.2) is 4.39 Å². The first kappa shape index (κ1) is 12.9. The number of carbonyl (C=O) groups is 1. The van der Waals surface area contributed by atoms with Gasteiger partial charge >= 0.3 is 0 Å². The van der Waals surface area contributed by atoms with Crippen LogP contribution in [-0.4, -0.2) is 23.9 Å². The standard InChI is InChI=1S/C10H12FN3O3/c1-2-12-10(15)6-13-8-3-7(11)4-9(5-8)14(16)17/h3-5,13H,2,6H2,1H3,(H,12,15). The van der Waals surface area contributed by atoms with Gasteiger partial charge in [0.1, 0.15) is 5.82 Å². The van der Waals surface area contributed by atoms with Gasteiger partial charge in [0.05, 0.1) is 17.5 Å². The highest BCUT2D eigenvalue weighted by atomic mass is 19.1. The minimum absolute atomic E-state index is 0.0611. The van der Waals surface area contributed by atoms with Crippen LogP contribution < -0.4 is 10.6 Å². The number of amides is 1. The highest BCUT2D eigenvalue weighted by molar-refractivity contribution is 5.80. The summed E-state index contributed by atoms with van der Waals surface area (Å²) in [4.78, 5) is 20.9. The highest BCUT2D eigenvalue weighted by Crippen LogP contribution is 2.19. The van der Waals surface area contributed by atoms with Gasteiger partial charge in [0, 0.05) is 18.3 Å². The SMILES string of the molecule is CCNC(=O)CNc1cc(F)cc([N+](=O)[O-])c1. The molecule has 7 heteroatoms. The van der Waals surface area contributed by atoms with E-state index >= 15 is 0 Å². The molecule has 17 heavy (non-hydrogen) atoms. The number of carbonyl (C=O) groups excluding carboxylic acids is 1. The second-order valence-corrected chi connectivity index (χ2v) is 3.26. The maximum atomic E-state index is 13.0. The van der Waals surface area contributed by atoms with E-state index in [4.69, 9.17) is 0 Å². The molecule has 0 fully saturated rings. The van der Waals surface area contributed by atoms with Crippen molar-refractivity contribution in [1.82, 2.24) is 5.32 Å². The summed E-state index contributed by atoms with van der Waals surface area (Å²) in [5.74, 6) is -0.989. The molecular weight excluding hydrogens is 229 g/mol. The number of nitrogens with zero attached hydrogens (tertiary/aromatic N) is 1. The molecule has 1 aromatic carbocycles. The Morgan fingerprint density at radius 2 is 2.18 bits per heavy atom. The Labute approximate surface area is 97.0 Å². The van der Waals surface area contributed by atoms with E-state index in [9.17, 15) is 19.3 Å². The van der Waals surface area contributed by atoms with Crippen LogP contribution in [-0.2, 0) is 4.79 Å². The van der Waals surface area contributed by atoms with Crippen molar-refractivity contribution in [3.8, 4) is 0 Å². The number of nitro benzene ring substituents is 1. The number of benzene rings is 1. The molecule has 1 rings (SSSR count). The molecule has 1 aromatic rings. The summed E-state index contributed by atoms with van der Waals surface area (Å²) in [7, 11) is 0. The molecule has 2 N–H and O–H groups in total. The Kier molecular flexibility index (Phi) is 4.38. The Morgan fingerprint density at radius 3 is 2.76 bits per heavy atom. The van der Waals surface area contributed by atoms with E-state index in [1.54, 1.807) is 6.92 Å². The number of nitrogens with one attached hydrogen (secondary N) is 2. The number of hydrogen-bond donors (Lipinski definition) is 2. The van der Waals surface area contributed by atoms with E-state index in [2.05, 4.69) is 10.6 Å². The van der Waals surface area contributed by atoms with Crippen LogP contribution in [0.1, 0.15) is 6.92 Å². The lowest BCUT2D eigenvalue weighted by atomic mass is 10.2. The maximum Gasteiger partial charge on any atom is 0.274 e. The van der Waals surface area contributed by atoms with Gasteiger partial charge in [0.2, 0.25) is 5.91 Å². The lowest BCUT2D eigenvalue weighted by Crippen LogP contribution is -2.29. The molecule has 1 amide bonds. The maximum absolute atomic E-state index is 13.0. The fourth-order valence-corrected chi connectivity index (χ4v) is 1.22. The largest absolute Gasteiger partial charge is 0.376 e. The molecule has 0 atom stereocenters. The molecule has 0 aliphatic heterocycles. The van der Waals surface area contributed by atoms with Crippen molar-refractivity contribution in [2.24, 2.45) is 0 Å². The molecule has 6 nitrogen and oxygen atoms in total. The van der Waals surface area contributed by atoms with E-state index in [0.717, 1.165) is 12.1 Å².